The Bertz CT molecular complexity index is 184. The number of rotatable bonds is 5. The summed E-state index contributed by atoms with van der Waals surface area (Å²) in [5.74, 6) is 1.80. The average Bonchev–Trinajstić information content (AvgIpc) is 2.16. The van der Waals surface area contributed by atoms with E-state index in [-0.39, 0.29) is 5.54 Å². The van der Waals surface area contributed by atoms with Crippen LogP contribution in [0.4, 0.5) is 0 Å². The lowest BCUT2D eigenvalue weighted by molar-refractivity contribution is -0.0525. The predicted molar refractivity (Wildman–Crippen MR) is 68.7 cm³/mol. The van der Waals surface area contributed by atoms with Gasteiger partial charge in [-0.2, -0.15) is 12.6 Å². The molecule has 0 aromatic rings. The maximum absolute atomic E-state index is 5.52. The molecule has 1 fully saturated rings. The van der Waals surface area contributed by atoms with Gasteiger partial charge in [-0.25, -0.2) is 0 Å². The molecular weight excluding hydrogens is 206 g/mol. The molecule has 1 heterocycles. The van der Waals surface area contributed by atoms with Crippen LogP contribution in [-0.2, 0) is 4.74 Å². The Morgan fingerprint density at radius 3 is 2.73 bits per heavy atom. The van der Waals surface area contributed by atoms with Crippen LogP contribution in [0, 0.1) is 5.92 Å². The van der Waals surface area contributed by atoms with Crippen LogP contribution < -0.4 is 0 Å². The SMILES string of the molecule is CC(CCS)CCN1CCOCC1(C)C. The van der Waals surface area contributed by atoms with Gasteiger partial charge in [-0.3, -0.25) is 4.90 Å². The van der Waals surface area contributed by atoms with Crippen molar-refractivity contribution in [3.05, 3.63) is 0 Å². The third kappa shape index (κ3) is 4.33. The van der Waals surface area contributed by atoms with E-state index in [1.807, 2.05) is 0 Å². The lowest BCUT2D eigenvalue weighted by Crippen LogP contribution is -2.53. The van der Waals surface area contributed by atoms with E-state index in [1.54, 1.807) is 0 Å². The zero-order chi connectivity index (χ0) is 11.3. The molecule has 1 atom stereocenters. The minimum absolute atomic E-state index is 0.221. The Kier molecular flexibility index (Phi) is 5.44. The molecule has 1 aliphatic heterocycles. The number of morpholine rings is 1. The molecule has 0 aromatic carbocycles. The number of ether oxygens (including phenoxy) is 1. The van der Waals surface area contributed by atoms with E-state index in [0.717, 1.165) is 31.4 Å². The normalized spacial score (nSPS) is 24.0. The molecule has 0 spiro atoms. The molecule has 1 unspecified atom stereocenters. The van der Waals surface area contributed by atoms with Crippen LogP contribution >= 0.6 is 12.6 Å². The summed E-state index contributed by atoms with van der Waals surface area (Å²) in [7, 11) is 0. The summed E-state index contributed by atoms with van der Waals surface area (Å²) in [6, 6.07) is 0. The van der Waals surface area contributed by atoms with Crippen molar-refractivity contribution in [2.75, 3.05) is 32.1 Å². The quantitative estimate of drug-likeness (QED) is 0.730. The zero-order valence-electron chi connectivity index (χ0n) is 10.3. The van der Waals surface area contributed by atoms with E-state index >= 15 is 0 Å². The van der Waals surface area contributed by atoms with Gasteiger partial charge >= 0.3 is 0 Å². The molecule has 0 aromatic heterocycles. The van der Waals surface area contributed by atoms with Crippen LogP contribution in [0.25, 0.3) is 0 Å². The molecule has 2 nitrogen and oxygen atoms in total. The summed E-state index contributed by atoms with van der Waals surface area (Å²) < 4.78 is 5.52. The minimum atomic E-state index is 0.221. The van der Waals surface area contributed by atoms with E-state index < -0.39 is 0 Å². The monoisotopic (exact) mass is 231 g/mol. The van der Waals surface area contributed by atoms with Crippen molar-refractivity contribution < 1.29 is 4.74 Å². The first-order chi connectivity index (χ1) is 7.06. The summed E-state index contributed by atoms with van der Waals surface area (Å²) in [5.41, 5.74) is 0.221. The molecule has 0 N–H and O–H groups in total. The molecule has 90 valence electrons. The van der Waals surface area contributed by atoms with Gasteiger partial charge in [-0.05, 0) is 44.9 Å². The highest BCUT2D eigenvalue weighted by molar-refractivity contribution is 7.80. The van der Waals surface area contributed by atoms with Crippen molar-refractivity contribution in [3.63, 3.8) is 0 Å². The molecule has 1 saturated heterocycles. The van der Waals surface area contributed by atoms with Crippen LogP contribution in [0.2, 0.25) is 0 Å². The van der Waals surface area contributed by atoms with Gasteiger partial charge in [0.2, 0.25) is 0 Å². The van der Waals surface area contributed by atoms with Crippen LogP contribution in [0.15, 0.2) is 0 Å². The third-order valence-electron chi connectivity index (χ3n) is 3.33. The summed E-state index contributed by atoms with van der Waals surface area (Å²) in [4.78, 5) is 2.56. The fourth-order valence-electron chi connectivity index (χ4n) is 2.05. The smallest absolute Gasteiger partial charge is 0.0645 e. The van der Waals surface area contributed by atoms with Crippen molar-refractivity contribution in [3.8, 4) is 0 Å². The molecule has 0 amide bonds. The first kappa shape index (κ1) is 13.3. The van der Waals surface area contributed by atoms with E-state index in [1.165, 1.54) is 19.4 Å². The molecule has 0 radical (unpaired) electrons. The van der Waals surface area contributed by atoms with E-state index in [9.17, 15) is 0 Å². The van der Waals surface area contributed by atoms with Gasteiger partial charge in [0, 0.05) is 12.1 Å². The van der Waals surface area contributed by atoms with Gasteiger partial charge < -0.3 is 4.74 Å². The van der Waals surface area contributed by atoms with Gasteiger partial charge in [0.15, 0.2) is 0 Å². The van der Waals surface area contributed by atoms with Gasteiger partial charge in [0.1, 0.15) is 0 Å². The Balaban J connectivity index is 2.30. The molecule has 0 saturated carbocycles. The molecular formula is C12H25NOS. The second-order valence-corrected chi connectivity index (χ2v) is 5.71. The summed E-state index contributed by atoms with van der Waals surface area (Å²) in [6.45, 7) is 10.9. The lowest BCUT2D eigenvalue weighted by atomic mass is 9.99. The summed E-state index contributed by atoms with van der Waals surface area (Å²) in [6.07, 6.45) is 2.51. The summed E-state index contributed by atoms with van der Waals surface area (Å²) >= 11 is 4.28. The summed E-state index contributed by atoms with van der Waals surface area (Å²) in [5, 5.41) is 0. The van der Waals surface area contributed by atoms with Gasteiger partial charge in [0.25, 0.3) is 0 Å². The number of hydrogen-bond donors (Lipinski definition) is 1. The second kappa shape index (κ2) is 6.12. The number of hydrogen-bond acceptors (Lipinski definition) is 3. The van der Waals surface area contributed by atoms with Crippen molar-refractivity contribution >= 4 is 12.6 Å². The Hall–Kier alpha value is 0.270. The third-order valence-corrected chi connectivity index (χ3v) is 3.59. The molecule has 3 heteroatoms. The Morgan fingerprint density at radius 2 is 2.13 bits per heavy atom. The predicted octanol–water partition coefficient (Wildman–Crippen LogP) is 2.44. The largest absolute Gasteiger partial charge is 0.378 e. The van der Waals surface area contributed by atoms with Gasteiger partial charge in [0.05, 0.1) is 13.2 Å². The van der Waals surface area contributed by atoms with Gasteiger partial charge in [-0.15, -0.1) is 0 Å². The Labute approximate surface area is 99.8 Å². The molecule has 1 rings (SSSR count). The highest BCUT2D eigenvalue weighted by Crippen LogP contribution is 2.20. The first-order valence-corrected chi connectivity index (χ1v) is 6.63. The van der Waals surface area contributed by atoms with Gasteiger partial charge in [-0.1, -0.05) is 6.92 Å². The van der Waals surface area contributed by atoms with Crippen molar-refractivity contribution in [2.24, 2.45) is 5.92 Å². The van der Waals surface area contributed by atoms with E-state index in [0.29, 0.717) is 0 Å². The second-order valence-electron chi connectivity index (χ2n) is 5.26. The molecule has 0 aliphatic carbocycles. The Morgan fingerprint density at radius 1 is 1.40 bits per heavy atom. The van der Waals surface area contributed by atoms with Crippen LogP contribution in [-0.4, -0.2) is 42.5 Å². The highest BCUT2D eigenvalue weighted by Gasteiger charge is 2.29. The van der Waals surface area contributed by atoms with Crippen molar-refractivity contribution in [1.82, 2.24) is 4.90 Å². The van der Waals surface area contributed by atoms with E-state index in [4.69, 9.17) is 4.74 Å². The van der Waals surface area contributed by atoms with Crippen LogP contribution in [0.3, 0.4) is 0 Å². The first-order valence-electron chi connectivity index (χ1n) is 6.00. The number of thiol groups is 1. The zero-order valence-corrected chi connectivity index (χ0v) is 11.2. The topological polar surface area (TPSA) is 12.5 Å². The fraction of sp³-hybridized carbons (Fsp3) is 1.00. The maximum atomic E-state index is 5.52. The average molecular weight is 231 g/mol. The number of nitrogens with zero attached hydrogens (tertiary/aromatic N) is 1. The minimum Gasteiger partial charge on any atom is -0.378 e. The van der Waals surface area contributed by atoms with Crippen LogP contribution in [0.1, 0.15) is 33.6 Å². The molecule has 0 bridgehead atoms. The van der Waals surface area contributed by atoms with Crippen LogP contribution in [0.5, 0.6) is 0 Å². The van der Waals surface area contributed by atoms with E-state index in [2.05, 4.69) is 38.3 Å². The highest BCUT2D eigenvalue weighted by atomic mass is 32.1. The fourth-order valence-corrected chi connectivity index (χ4v) is 2.49. The van der Waals surface area contributed by atoms with Crippen molar-refractivity contribution in [2.45, 2.75) is 39.2 Å². The standard InChI is InChI=1S/C12H25NOS/c1-11(5-9-15)4-6-13-7-8-14-10-12(13,2)3/h11,15H,4-10H2,1-3H3. The lowest BCUT2D eigenvalue weighted by Gasteiger charge is -2.42. The van der Waals surface area contributed by atoms with Crippen molar-refractivity contribution in [1.29, 1.82) is 0 Å². The molecule has 15 heavy (non-hydrogen) atoms. The maximum Gasteiger partial charge on any atom is 0.0645 e. The molecule has 1 aliphatic rings.